The summed E-state index contributed by atoms with van der Waals surface area (Å²) in [5.74, 6) is 2.07. The van der Waals surface area contributed by atoms with Crippen molar-refractivity contribution in [3.05, 3.63) is 72.0 Å². The van der Waals surface area contributed by atoms with Crippen LogP contribution >= 0.6 is 11.6 Å². The standard InChI is InChI=1S/C24H23ClN6O2/c25-21-11-16(1-4-23(21)32-14-17-13-27-9-10-28-17)31-24-20-12-19(2-3-22(20)29-15-30-24)33-18-5-7-26-8-6-18/h1-4,9-13,15,18,26H,5-8,14H2,(H,29,30,31). The summed E-state index contributed by atoms with van der Waals surface area (Å²) in [5, 5.41) is 8.06. The molecule has 4 aromatic rings. The highest BCUT2D eigenvalue weighted by molar-refractivity contribution is 6.32. The summed E-state index contributed by atoms with van der Waals surface area (Å²) in [5.41, 5.74) is 2.35. The van der Waals surface area contributed by atoms with Gasteiger partial charge in [0.15, 0.2) is 0 Å². The molecule has 1 aliphatic rings. The Labute approximate surface area is 196 Å². The zero-order chi connectivity index (χ0) is 22.5. The lowest BCUT2D eigenvalue weighted by Gasteiger charge is -2.24. The SMILES string of the molecule is Clc1cc(Nc2ncnc3ccc(OC4CCNCC4)cc23)ccc1OCc1cnccn1. The Hall–Kier alpha value is -3.49. The highest BCUT2D eigenvalue weighted by Gasteiger charge is 2.15. The summed E-state index contributed by atoms with van der Waals surface area (Å²) in [6.07, 6.45) is 8.66. The minimum atomic E-state index is 0.220. The first-order valence-corrected chi connectivity index (χ1v) is 11.2. The van der Waals surface area contributed by atoms with E-state index in [4.69, 9.17) is 21.1 Å². The van der Waals surface area contributed by atoms with Crippen LogP contribution in [0.1, 0.15) is 18.5 Å². The molecule has 0 amide bonds. The van der Waals surface area contributed by atoms with Crippen molar-refractivity contribution in [1.82, 2.24) is 25.3 Å². The summed E-state index contributed by atoms with van der Waals surface area (Å²) in [6.45, 7) is 2.25. The number of piperidine rings is 1. The number of nitrogens with one attached hydrogen (secondary N) is 2. The van der Waals surface area contributed by atoms with Crippen LogP contribution in [0.5, 0.6) is 11.5 Å². The lowest BCUT2D eigenvalue weighted by molar-refractivity contribution is 0.162. The number of rotatable bonds is 7. The minimum absolute atomic E-state index is 0.220. The number of ether oxygens (including phenoxy) is 2. The van der Waals surface area contributed by atoms with E-state index in [9.17, 15) is 0 Å². The van der Waals surface area contributed by atoms with Gasteiger partial charge in [-0.3, -0.25) is 9.97 Å². The Morgan fingerprint density at radius 1 is 1.03 bits per heavy atom. The highest BCUT2D eigenvalue weighted by atomic mass is 35.5. The van der Waals surface area contributed by atoms with Crippen LogP contribution in [0.25, 0.3) is 10.9 Å². The van der Waals surface area contributed by atoms with E-state index in [1.165, 1.54) is 6.33 Å². The maximum absolute atomic E-state index is 6.45. The van der Waals surface area contributed by atoms with E-state index < -0.39 is 0 Å². The van der Waals surface area contributed by atoms with Gasteiger partial charge < -0.3 is 20.1 Å². The molecule has 0 atom stereocenters. The summed E-state index contributed by atoms with van der Waals surface area (Å²) < 4.78 is 12.0. The predicted octanol–water partition coefficient (Wildman–Crippen LogP) is 4.53. The molecular weight excluding hydrogens is 440 g/mol. The van der Waals surface area contributed by atoms with Crippen LogP contribution in [0.4, 0.5) is 11.5 Å². The second-order valence-electron chi connectivity index (χ2n) is 7.72. The number of benzene rings is 2. The molecule has 2 N–H and O–H groups in total. The van der Waals surface area contributed by atoms with Gasteiger partial charge in [0.25, 0.3) is 0 Å². The molecule has 9 heteroatoms. The van der Waals surface area contributed by atoms with Crippen molar-refractivity contribution in [3.8, 4) is 11.5 Å². The Balaban J connectivity index is 1.32. The van der Waals surface area contributed by atoms with E-state index >= 15 is 0 Å². The fourth-order valence-corrected chi connectivity index (χ4v) is 3.94. The van der Waals surface area contributed by atoms with Crippen LogP contribution in [0.2, 0.25) is 5.02 Å². The molecule has 2 aromatic heterocycles. The van der Waals surface area contributed by atoms with E-state index in [-0.39, 0.29) is 12.7 Å². The van der Waals surface area contributed by atoms with Crippen LogP contribution in [0.3, 0.4) is 0 Å². The zero-order valence-corrected chi connectivity index (χ0v) is 18.6. The summed E-state index contributed by atoms with van der Waals surface area (Å²) in [7, 11) is 0. The van der Waals surface area contributed by atoms with Crippen molar-refractivity contribution in [2.24, 2.45) is 0 Å². The van der Waals surface area contributed by atoms with Gasteiger partial charge in [-0.05, 0) is 62.3 Å². The third-order valence-corrected chi connectivity index (χ3v) is 5.68. The lowest BCUT2D eigenvalue weighted by atomic mass is 10.1. The van der Waals surface area contributed by atoms with Gasteiger partial charge in [-0.1, -0.05) is 11.6 Å². The number of hydrogen-bond acceptors (Lipinski definition) is 8. The number of anilines is 2. The molecule has 0 unspecified atom stereocenters. The third-order valence-electron chi connectivity index (χ3n) is 5.38. The second kappa shape index (κ2) is 9.97. The summed E-state index contributed by atoms with van der Waals surface area (Å²) in [4.78, 5) is 17.1. The van der Waals surface area contributed by atoms with Crippen molar-refractivity contribution in [2.75, 3.05) is 18.4 Å². The van der Waals surface area contributed by atoms with Gasteiger partial charge in [0.05, 0.1) is 22.4 Å². The van der Waals surface area contributed by atoms with Gasteiger partial charge in [-0.2, -0.15) is 0 Å². The molecule has 0 radical (unpaired) electrons. The molecule has 0 aliphatic carbocycles. The largest absolute Gasteiger partial charge is 0.490 e. The van der Waals surface area contributed by atoms with E-state index in [1.54, 1.807) is 24.7 Å². The fraction of sp³-hybridized carbons (Fsp3) is 0.250. The second-order valence-corrected chi connectivity index (χ2v) is 8.13. The molecule has 1 fully saturated rings. The molecular formula is C24H23ClN6O2. The smallest absolute Gasteiger partial charge is 0.141 e. The fourth-order valence-electron chi connectivity index (χ4n) is 3.70. The van der Waals surface area contributed by atoms with E-state index in [0.717, 1.165) is 54.0 Å². The highest BCUT2D eigenvalue weighted by Crippen LogP contribution is 2.32. The Bertz CT molecular complexity index is 1230. The maximum atomic E-state index is 6.45. The molecule has 33 heavy (non-hydrogen) atoms. The predicted molar refractivity (Wildman–Crippen MR) is 127 cm³/mol. The maximum Gasteiger partial charge on any atom is 0.141 e. The number of halogens is 1. The molecule has 0 bridgehead atoms. The molecule has 1 aliphatic heterocycles. The van der Waals surface area contributed by atoms with Crippen molar-refractivity contribution >= 4 is 34.0 Å². The number of fused-ring (bicyclic) bond motifs is 1. The first-order chi connectivity index (χ1) is 16.2. The molecule has 3 heterocycles. The van der Waals surface area contributed by atoms with Gasteiger partial charge in [0, 0.05) is 23.5 Å². The topological polar surface area (TPSA) is 94.1 Å². The van der Waals surface area contributed by atoms with E-state index in [2.05, 4.69) is 30.6 Å². The van der Waals surface area contributed by atoms with Crippen molar-refractivity contribution in [2.45, 2.75) is 25.6 Å². The van der Waals surface area contributed by atoms with Gasteiger partial charge in [0.2, 0.25) is 0 Å². The third kappa shape index (κ3) is 5.30. The minimum Gasteiger partial charge on any atom is -0.490 e. The molecule has 2 aromatic carbocycles. The quantitative estimate of drug-likeness (QED) is 0.414. The zero-order valence-electron chi connectivity index (χ0n) is 17.9. The molecule has 1 saturated heterocycles. The first-order valence-electron chi connectivity index (χ1n) is 10.8. The molecule has 5 rings (SSSR count). The Morgan fingerprint density at radius 3 is 2.76 bits per heavy atom. The van der Waals surface area contributed by atoms with Crippen molar-refractivity contribution in [3.63, 3.8) is 0 Å². The average molecular weight is 463 g/mol. The van der Waals surface area contributed by atoms with Crippen molar-refractivity contribution in [1.29, 1.82) is 0 Å². The number of hydrogen-bond donors (Lipinski definition) is 2. The average Bonchev–Trinajstić information content (AvgIpc) is 2.85. The summed E-state index contributed by atoms with van der Waals surface area (Å²) in [6, 6.07) is 11.4. The molecule has 168 valence electrons. The van der Waals surface area contributed by atoms with Crippen molar-refractivity contribution < 1.29 is 9.47 Å². The number of nitrogens with zero attached hydrogens (tertiary/aromatic N) is 4. The summed E-state index contributed by atoms with van der Waals surface area (Å²) >= 11 is 6.45. The van der Waals surface area contributed by atoms with Gasteiger partial charge in [0.1, 0.15) is 36.4 Å². The van der Waals surface area contributed by atoms with Crippen LogP contribution in [-0.4, -0.2) is 39.1 Å². The van der Waals surface area contributed by atoms with Crippen LogP contribution in [0.15, 0.2) is 61.3 Å². The molecule has 8 nitrogen and oxygen atoms in total. The van der Waals surface area contributed by atoms with Gasteiger partial charge >= 0.3 is 0 Å². The number of aromatic nitrogens is 4. The Morgan fingerprint density at radius 2 is 1.94 bits per heavy atom. The van der Waals surface area contributed by atoms with Gasteiger partial charge in [-0.25, -0.2) is 9.97 Å². The van der Waals surface area contributed by atoms with Crippen LogP contribution < -0.4 is 20.1 Å². The normalized spacial score (nSPS) is 14.2. The van der Waals surface area contributed by atoms with E-state index in [0.29, 0.717) is 16.6 Å². The lowest BCUT2D eigenvalue weighted by Crippen LogP contribution is -2.34. The first kappa shape index (κ1) is 21.4. The van der Waals surface area contributed by atoms with E-state index in [1.807, 2.05) is 30.3 Å². The molecule has 0 spiro atoms. The van der Waals surface area contributed by atoms with Gasteiger partial charge in [-0.15, -0.1) is 0 Å². The monoisotopic (exact) mass is 462 g/mol. The Kier molecular flexibility index (Phi) is 6.46. The molecule has 0 saturated carbocycles. The van der Waals surface area contributed by atoms with Crippen LogP contribution in [-0.2, 0) is 6.61 Å². The van der Waals surface area contributed by atoms with Crippen LogP contribution in [0, 0.1) is 0 Å².